The van der Waals surface area contributed by atoms with Gasteiger partial charge in [0.1, 0.15) is 5.75 Å². The van der Waals surface area contributed by atoms with Crippen LogP contribution in [0.5, 0.6) is 5.75 Å². The van der Waals surface area contributed by atoms with E-state index in [4.69, 9.17) is 16.3 Å². The Morgan fingerprint density at radius 3 is 2.67 bits per heavy atom. The van der Waals surface area contributed by atoms with E-state index in [1.165, 1.54) is 16.2 Å². The van der Waals surface area contributed by atoms with Gasteiger partial charge in [0.15, 0.2) is 6.10 Å². The van der Waals surface area contributed by atoms with Crippen molar-refractivity contribution in [1.82, 2.24) is 20.1 Å². The second-order valence-corrected chi connectivity index (χ2v) is 10.9. The van der Waals surface area contributed by atoms with Gasteiger partial charge in [-0.3, -0.25) is 24.3 Å². The van der Waals surface area contributed by atoms with E-state index in [1.54, 1.807) is 6.20 Å². The van der Waals surface area contributed by atoms with Crippen LogP contribution in [-0.2, 0) is 20.8 Å². The molecule has 1 aromatic carbocycles. The van der Waals surface area contributed by atoms with Crippen LogP contribution in [0.4, 0.5) is 0 Å². The fourth-order valence-electron chi connectivity index (χ4n) is 5.28. The van der Waals surface area contributed by atoms with E-state index in [0.717, 1.165) is 44.9 Å². The van der Waals surface area contributed by atoms with Crippen LogP contribution in [0.3, 0.4) is 0 Å². The van der Waals surface area contributed by atoms with E-state index in [9.17, 15) is 14.4 Å². The molecule has 3 aliphatic rings. The maximum atomic E-state index is 13.1. The third kappa shape index (κ3) is 3.95. The molecule has 2 saturated heterocycles. The molecule has 2 fully saturated rings. The van der Waals surface area contributed by atoms with Gasteiger partial charge in [-0.2, -0.15) is 0 Å². The van der Waals surface area contributed by atoms with Crippen LogP contribution in [0.1, 0.15) is 36.2 Å². The fourth-order valence-corrected chi connectivity index (χ4v) is 6.71. The summed E-state index contributed by atoms with van der Waals surface area (Å²) in [7, 11) is 0. The van der Waals surface area contributed by atoms with Crippen molar-refractivity contribution in [2.45, 2.75) is 38.3 Å². The lowest BCUT2D eigenvalue weighted by atomic mass is 10.0. The van der Waals surface area contributed by atoms with E-state index < -0.39 is 6.10 Å². The molecule has 0 aliphatic carbocycles. The highest BCUT2D eigenvalue weighted by atomic mass is 35.5. The second-order valence-electron chi connectivity index (χ2n) is 9.38. The number of hydrogen-bond donors (Lipinski definition) is 1. The van der Waals surface area contributed by atoms with Crippen molar-refractivity contribution in [3.05, 3.63) is 45.9 Å². The molecule has 36 heavy (non-hydrogen) atoms. The number of thiophene rings is 1. The van der Waals surface area contributed by atoms with Gasteiger partial charge in [0.2, 0.25) is 11.8 Å². The van der Waals surface area contributed by atoms with E-state index in [-0.39, 0.29) is 36.6 Å². The average molecular weight is 525 g/mol. The first-order chi connectivity index (χ1) is 17.4. The molecule has 0 spiro atoms. The van der Waals surface area contributed by atoms with Gasteiger partial charge in [-0.1, -0.05) is 11.6 Å². The number of imide groups is 1. The number of halogens is 1. The van der Waals surface area contributed by atoms with Crippen LogP contribution < -0.4 is 10.1 Å². The summed E-state index contributed by atoms with van der Waals surface area (Å²) < 4.78 is 7.21. The van der Waals surface area contributed by atoms with Crippen molar-refractivity contribution in [2.75, 3.05) is 26.2 Å². The number of fused-ring (bicyclic) bond motifs is 2. The highest BCUT2D eigenvalue weighted by Gasteiger charge is 2.36. The average Bonchev–Trinajstić information content (AvgIpc) is 3.59. The number of pyridine rings is 1. The lowest BCUT2D eigenvalue weighted by Gasteiger charge is -2.29. The molecule has 2 atom stereocenters. The van der Waals surface area contributed by atoms with E-state index in [0.29, 0.717) is 30.3 Å². The topological polar surface area (TPSA) is 91.8 Å². The summed E-state index contributed by atoms with van der Waals surface area (Å²) >= 11 is 8.04. The van der Waals surface area contributed by atoms with Crippen LogP contribution in [0.2, 0.25) is 5.02 Å². The lowest BCUT2D eigenvalue weighted by Crippen LogP contribution is -2.50. The Morgan fingerprint density at radius 2 is 1.92 bits per heavy atom. The van der Waals surface area contributed by atoms with Gasteiger partial charge in [0, 0.05) is 78.2 Å². The Morgan fingerprint density at radius 1 is 1.17 bits per heavy atom. The van der Waals surface area contributed by atoms with Gasteiger partial charge < -0.3 is 15.0 Å². The third-order valence-corrected chi connectivity index (χ3v) is 8.66. The highest BCUT2D eigenvalue weighted by molar-refractivity contribution is 7.19. The number of rotatable bonds is 4. The minimum absolute atomic E-state index is 0.00169. The molecule has 3 amide bonds. The van der Waals surface area contributed by atoms with Gasteiger partial charge in [0.05, 0.1) is 16.3 Å². The summed E-state index contributed by atoms with van der Waals surface area (Å²) in [4.78, 5) is 46.4. The first kappa shape index (κ1) is 23.4. The standard InChI is InChI=1S/C26H25ClN4O4S/c1-14(31-22(32)2-3-23(31)33)21-13-19-25(36-21)17(4-5-29-19)18-12-16(27)10-15-11-20(35-24(15)18)26(34)30-8-6-28-7-9-30/h4-5,10,12-14,20,28H,2-3,6-9,11H2,1H3/t14-,20?/m0/s1. The van der Waals surface area contributed by atoms with Crippen molar-refractivity contribution in [3.63, 3.8) is 0 Å². The molecule has 0 saturated carbocycles. The molecule has 5 heterocycles. The number of carbonyl (C=O) groups excluding carboxylic acids is 3. The monoisotopic (exact) mass is 524 g/mol. The number of carbonyl (C=O) groups is 3. The summed E-state index contributed by atoms with van der Waals surface area (Å²) in [6, 6.07) is 7.23. The molecule has 6 rings (SSSR count). The van der Waals surface area contributed by atoms with E-state index >= 15 is 0 Å². The number of amides is 3. The van der Waals surface area contributed by atoms with Crippen LogP contribution in [0.25, 0.3) is 21.3 Å². The number of piperazine rings is 1. The van der Waals surface area contributed by atoms with Crippen molar-refractivity contribution in [2.24, 2.45) is 0 Å². The van der Waals surface area contributed by atoms with Crippen LogP contribution in [0, 0.1) is 0 Å². The first-order valence-electron chi connectivity index (χ1n) is 12.1. The van der Waals surface area contributed by atoms with Crippen LogP contribution in [0.15, 0.2) is 30.5 Å². The molecule has 3 aliphatic heterocycles. The molecule has 1 unspecified atom stereocenters. The van der Waals surface area contributed by atoms with Crippen molar-refractivity contribution < 1.29 is 19.1 Å². The lowest BCUT2D eigenvalue weighted by molar-refractivity contribution is -0.141. The van der Waals surface area contributed by atoms with Crippen LogP contribution >= 0.6 is 22.9 Å². The number of likely N-dealkylation sites (tertiary alicyclic amines) is 1. The smallest absolute Gasteiger partial charge is 0.264 e. The van der Waals surface area contributed by atoms with Gasteiger partial charge in [-0.15, -0.1) is 11.3 Å². The van der Waals surface area contributed by atoms with Gasteiger partial charge >= 0.3 is 0 Å². The summed E-state index contributed by atoms with van der Waals surface area (Å²) in [6.07, 6.45) is 2.16. The molecule has 2 aromatic heterocycles. The number of nitrogens with zero attached hydrogens (tertiary/aromatic N) is 3. The molecule has 10 heteroatoms. The summed E-state index contributed by atoms with van der Waals surface area (Å²) in [5, 5.41) is 3.84. The molecular weight excluding hydrogens is 500 g/mol. The van der Waals surface area contributed by atoms with Gasteiger partial charge in [0.25, 0.3) is 5.91 Å². The molecule has 3 aromatic rings. The Hall–Kier alpha value is -3.01. The van der Waals surface area contributed by atoms with E-state index in [1.807, 2.05) is 36.1 Å². The Kier molecular flexibility index (Phi) is 5.94. The maximum Gasteiger partial charge on any atom is 0.264 e. The third-order valence-electron chi connectivity index (χ3n) is 7.11. The molecule has 0 bridgehead atoms. The maximum absolute atomic E-state index is 13.1. The Bertz CT molecular complexity index is 1380. The molecule has 8 nitrogen and oxygen atoms in total. The number of hydrogen-bond acceptors (Lipinski definition) is 7. The Labute approximate surface area is 217 Å². The summed E-state index contributed by atoms with van der Waals surface area (Å²) in [5.74, 6) is 0.397. The number of benzene rings is 1. The molecule has 0 radical (unpaired) electrons. The van der Waals surface area contributed by atoms with Gasteiger partial charge in [-0.25, -0.2) is 0 Å². The zero-order valence-electron chi connectivity index (χ0n) is 19.8. The zero-order chi connectivity index (χ0) is 25.0. The normalized spacial score (nSPS) is 20.7. The molecule has 1 N–H and O–H groups in total. The Balaban J connectivity index is 1.36. The van der Waals surface area contributed by atoms with Crippen molar-refractivity contribution >= 4 is 50.9 Å². The fraction of sp³-hybridized carbons (Fsp3) is 0.385. The molecular formula is C26H25ClN4O4S. The number of ether oxygens (including phenoxy) is 1. The van der Waals surface area contributed by atoms with Crippen LogP contribution in [-0.4, -0.2) is 64.8 Å². The van der Waals surface area contributed by atoms with E-state index in [2.05, 4.69) is 10.3 Å². The quantitative estimate of drug-likeness (QED) is 0.525. The van der Waals surface area contributed by atoms with Crippen molar-refractivity contribution in [3.8, 4) is 16.9 Å². The predicted molar refractivity (Wildman–Crippen MR) is 137 cm³/mol. The highest BCUT2D eigenvalue weighted by Crippen LogP contribution is 2.45. The zero-order valence-corrected chi connectivity index (χ0v) is 21.3. The summed E-state index contributed by atoms with van der Waals surface area (Å²) in [5.41, 5.74) is 3.40. The SMILES string of the molecule is C[C@@H](c1cc2nccc(-c3cc(Cl)cc4c3OC(C(=O)N3CCNCC3)C4)c2s1)N1C(=O)CCC1=O. The molecule has 186 valence electrons. The minimum atomic E-state index is -0.571. The number of nitrogens with one attached hydrogen (secondary N) is 1. The van der Waals surface area contributed by atoms with Crippen molar-refractivity contribution in [1.29, 1.82) is 0 Å². The predicted octanol–water partition coefficient (Wildman–Crippen LogP) is 3.56. The summed E-state index contributed by atoms with van der Waals surface area (Å²) in [6.45, 7) is 4.78. The first-order valence-corrected chi connectivity index (χ1v) is 13.3. The second kappa shape index (κ2) is 9.14. The number of aromatic nitrogens is 1. The van der Waals surface area contributed by atoms with Gasteiger partial charge in [-0.05, 0) is 31.2 Å². The largest absolute Gasteiger partial charge is 0.479 e. The minimum Gasteiger partial charge on any atom is -0.479 e.